The second-order valence-electron chi connectivity index (χ2n) is 6.28. The van der Waals surface area contributed by atoms with Crippen molar-refractivity contribution in [2.45, 2.75) is 33.7 Å². The zero-order chi connectivity index (χ0) is 19.3. The summed E-state index contributed by atoms with van der Waals surface area (Å²) in [5, 5.41) is 0.526. The first kappa shape index (κ1) is 20.1. The molecule has 0 spiro atoms. The molecule has 0 aromatic heterocycles. The molecule has 0 aliphatic heterocycles. The van der Waals surface area contributed by atoms with Crippen LogP contribution in [0.25, 0.3) is 0 Å². The number of benzene rings is 2. The molecule has 2 aromatic rings. The molecule has 0 saturated heterocycles. The second-order valence-corrected chi connectivity index (χ2v) is 7.37. The Kier molecular flexibility index (Phi) is 6.92. The van der Waals surface area contributed by atoms with Crippen molar-refractivity contribution in [2.75, 3.05) is 4.90 Å². The van der Waals surface area contributed by atoms with Crippen molar-refractivity contribution in [3.05, 3.63) is 70.9 Å². The third kappa shape index (κ3) is 5.15. The minimum absolute atomic E-state index is 0.438. The van der Waals surface area contributed by atoms with Gasteiger partial charge in [-0.05, 0) is 61.7 Å². The van der Waals surface area contributed by atoms with E-state index in [0.29, 0.717) is 17.4 Å². The number of anilines is 1. The first-order chi connectivity index (χ1) is 12.3. The van der Waals surface area contributed by atoms with E-state index in [1.54, 1.807) is 24.3 Å². The third-order valence-electron chi connectivity index (χ3n) is 4.24. The normalized spacial score (nSPS) is 11.7. The summed E-state index contributed by atoms with van der Waals surface area (Å²) >= 11 is 0. The third-order valence-corrected chi connectivity index (χ3v) is 5.00. The Labute approximate surface area is 155 Å². The number of nitrogens with two attached hydrogens (primary N) is 1. The van der Waals surface area contributed by atoms with Gasteiger partial charge in [-0.3, -0.25) is 4.79 Å². The van der Waals surface area contributed by atoms with Gasteiger partial charge in [-0.2, -0.15) is 0 Å². The molecule has 0 atom stereocenters. The van der Waals surface area contributed by atoms with Gasteiger partial charge in [-0.1, -0.05) is 24.6 Å². The van der Waals surface area contributed by atoms with Crippen molar-refractivity contribution < 1.29 is 14.6 Å². The predicted molar refractivity (Wildman–Crippen MR) is 107 cm³/mol. The van der Waals surface area contributed by atoms with Gasteiger partial charge in [0.1, 0.15) is 0 Å². The van der Waals surface area contributed by atoms with Crippen molar-refractivity contribution in [1.29, 1.82) is 0 Å². The summed E-state index contributed by atoms with van der Waals surface area (Å²) in [7, 11) is -2.07. The first-order valence-electron chi connectivity index (χ1n) is 8.43. The molecule has 0 heterocycles. The summed E-state index contributed by atoms with van der Waals surface area (Å²) in [4.78, 5) is 32.1. The highest BCUT2D eigenvalue weighted by atomic mass is 31.2. The zero-order valence-electron chi connectivity index (χ0n) is 15.3. The Bertz CT molecular complexity index is 801. The van der Waals surface area contributed by atoms with Crippen LogP contribution in [0.4, 0.5) is 5.69 Å². The van der Waals surface area contributed by atoms with Gasteiger partial charge < -0.3 is 20.4 Å². The van der Waals surface area contributed by atoms with Crippen LogP contribution in [0.1, 0.15) is 41.8 Å². The molecule has 0 unspecified atom stereocenters. The number of nitrogens with zero attached hydrogens (tertiary/aromatic N) is 1. The average molecular weight is 372 g/mol. The van der Waals surface area contributed by atoms with Crippen molar-refractivity contribution in [1.82, 2.24) is 0 Å². The van der Waals surface area contributed by atoms with Gasteiger partial charge in [-0.15, -0.1) is 0 Å². The molecule has 2 aromatic carbocycles. The fraction of sp³-hybridized carbons (Fsp3) is 0.250. The number of carbonyl (C=O) groups excluding carboxylic acids is 1. The van der Waals surface area contributed by atoms with Gasteiger partial charge in [-0.25, -0.2) is 0 Å². The number of aryl methyl sites for hydroxylation is 1. The summed E-state index contributed by atoms with van der Waals surface area (Å²) in [6, 6.07) is 12.7. The van der Waals surface area contributed by atoms with Crippen LogP contribution >= 0.6 is 8.38 Å². The SMILES string of the molecule is CCC(C)=CN(Cc1ccc(P(O)O)cc1)c1ccc(C(N)=O)cc1C. The molecule has 0 aliphatic rings. The molecule has 138 valence electrons. The molecule has 6 heteroatoms. The fourth-order valence-electron chi connectivity index (χ4n) is 2.62. The van der Waals surface area contributed by atoms with E-state index in [2.05, 4.69) is 24.9 Å². The Morgan fingerprint density at radius 1 is 1.19 bits per heavy atom. The molecule has 5 nitrogen and oxygen atoms in total. The van der Waals surface area contributed by atoms with Crippen LogP contribution in [0.15, 0.2) is 54.2 Å². The Morgan fingerprint density at radius 2 is 1.85 bits per heavy atom. The minimum atomic E-state index is -2.07. The van der Waals surface area contributed by atoms with E-state index in [1.165, 1.54) is 5.57 Å². The number of amides is 1. The molecular formula is C20H25N2O3P. The molecule has 1 amide bonds. The van der Waals surface area contributed by atoms with Crippen LogP contribution < -0.4 is 15.9 Å². The molecular weight excluding hydrogens is 347 g/mol. The summed E-state index contributed by atoms with van der Waals surface area (Å²) in [5.41, 5.74) is 10.1. The van der Waals surface area contributed by atoms with Crippen molar-refractivity contribution >= 4 is 25.3 Å². The lowest BCUT2D eigenvalue weighted by Crippen LogP contribution is -2.18. The molecule has 26 heavy (non-hydrogen) atoms. The summed E-state index contributed by atoms with van der Waals surface area (Å²) < 4.78 is 0. The van der Waals surface area contributed by atoms with E-state index in [1.807, 2.05) is 25.1 Å². The predicted octanol–water partition coefficient (Wildman–Crippen LogP) is 3.34. The minimum Gasteiger partial charge on any atom is -0.366 e. The highest BCUT2D eigenvalue weighted by Crippen LogP contribution is 2.26. The smallest absolute Gasteiger partial charge is 0.248 e. The second kappa shape index (κ2) is 8.95. The Balaban J connectivity index is 2.36. The van der Waals surface area contributed by atoms with E-state index in [0.717, 1.165) is 23.2 Å². The van der Waals surface area contributed by atoms with E-state index >= 15 is 0 Å². The van der Waals surface area contributed by atoms with Crippen molar-refractivity contribution in [3.63, 3.8) is 0 Å². The van der Waals surface area contributed by atoms with Crippen LogP contribution in [-0.4, -0.2) is 15.7 Å². The number of carbonyl (C=O) groups is 1. The summed E-state index contributed by atoms with van der Waals surface area (Å²) in [5.74, 6) is -0.438. The van der Waals surface area contributed by atoms with E-state index < -0.39 is 14.3 Å². The fourth-order valence-corrected chi connectivity index (χ4v) is 3.04. The molecule has 0 aliphatic carbocycles. The highest BCUT2D eigenvalue weighted by Gasteiger charge is 2.12. The number of hydrogen-bond donors (Lipinski definition) is 3. The van der Waals surface area contributed by atoms with Gasteiger partial charge >= 0.3 is 0 Å². The van der Waals surface area contributed by atoms with Crippen LogP contribution in [0.3, 0.4) is 0 Å². The highest BCUT2D eigenvalue weighted by molar-refractivity contribution is 7.54. The van der Waals surface area contributed by atoms with Gasteiger partial charge in [0, 0.05) is 29.3 Å². The molecule has 0 radical (unpaired) electrons. The van der Waals surface area contributed by atoms with E-state index in [-0.39, 0.29) is 0 Å². The lowest BCUT2D eigenvalue weighted by atomic mass is 10.1. The molecule has 4 N–H and O–H groups in total. The van der Waals surface area contributed by atoms with Gasteiger partial charge in [0.25, 0.3) is 0 Å². The quantitative estimate of drug-likeness (QED) is 0.651. The number of allylic oxidation sites excluding steroid dienone is 1. The van der Waals surface area contributed by atoms with Gasteiger partial charge in [0.15, 0.2) is 8.38 Å². The topological polar surface area (TPSA) is 86.8 Å². The van der Waals surface area contributed by atoms with Crippen molar-refractivity contribution in [3.8, 4) is 0 Å². The summed E-state index contributed by atoms with van der Waals surface area (Å²) in [6.07, 6.45) is 3.04. The Hall–Kier alpha value is -2.20. The number of hydrogen-bond acceptors (Lipinski definition) is 4. The summed E-state index contributed by atoms with van der Waals surface area (Å²) in [6.45, 7) is 6.77. The first-order valence-corrected chi connectivity index (χ1v) is 9.67. The zero-order valence-corrected chi connectivity index (χ0v) is 16.2. The lowest BCUT2D eigenvalue weighted by Gasteiger charge is -2.24. The van der Waals surface area contributed by atoms with Crippen molar-refractivity contribution in [2.24, 2.45) is 5.73 Å². The molecule has 0 bridgehead atoms. The molecule has 2 rings (SSSR count). The molecule has 0 saturated carbocycles. The maximum atomic E-state index is 11.4. The van der Waals surface area contributed by atoms with Gasteiger partial charge in [0.05, 0.1) is 0 Å². The van der Waals surface area contributed by atoms with Crippen LogP contribution in [-0.2, 0) is 6.54 Å². The monoisotopic (exact) mass is 372 g/mol. The Morgan fingerprint density at radius 3 is 2.35 bits per heavy atom. The number of primary amides is 1. The standard InChI is InChI=1S/C20H25N2O3P/c1-4-14(2)12-22(13-16-5-8-18(9-6-16)26(24)25)19-10-7-17(20(21)23)11-15(19)3/h5-12,24-25H,4,13H2,1-3H3,(H2,21,23). The largest absolute Gasteiger partial charge is 0.366 e. The average Bonchev–Trinajstić information content (AvgIpc) is 2.61. The van der Waals surface area contributed by atoms with Crippen LogP contribution in [0, 0.1) is 6.92 Å². The van der Waals surface area contributed by atoms with Crippen LogP contribution in [0.2, 0.25) is 0 Å². The molecule has 0 fully saturated rings. The van der Waals surface area contributed by atoms with E-state index in [4.69, 9.17) is 5.73 Å². The maximum absolute atomic E-state index is 11.4. The van der Waals surface area contributed by atoms with Gasteiger partial charge in [0.2, 0.25) is 5.91 Å². The lowest BCUT2D eigenvalue weighted by molar-refractivity contribution is 0.1000. The van der Waals surface area contributed by atoms with Crippen LogP contribution in [0.5, 0.6) is 0 Å². The maximum Gasteiger partial charge on any atom is 0.248 e. The number of rotatable bonds is 7. The van der Waals surface area contributed by atoms with E-state index in [9.17, 15) is 14.6 Å².